The second-order valence-corrected chi connectivity index (χ2v) is 3.18. The summed E-state index contributed by atoms with van der Waals surface area (Å²) in [5.41, 5.74) is 0. The summed E-state index contributed by atoms with van der Waals surface area (Å²) in [5, 5.41) is 12.1. The van der Waals surface area contributed by atoms with E-state index in [0.717, 1.165) is 0 Å². The number of hydrogen-bond acceptors (Lipinski definition) is 4. The molecule has 0 aromatic carbocycles. The van der Waals surface area contributed by atoms with Gasteiger partial charge in [-0.25, -0.2) is 4.39 Å². The lowest BCUT2D eigenvalue weighted by Gasteiger charge is -2.15. The quantitative estimate of drug-likeness (QED) is 0.607. The van der Waals surface area contributed by atoms with Crippen LogP contribution in [-0.4, -0.2) is 56.9 Å². The molecule has 2 N–H and O–H groups in total. The first-order valence-corrected chi connectivity index (χ1v) is 4.36. The Labute approximate surface area is 77.0 Å². The summed E-state index contributed by atoms with van der Waals surface area (Å²) in [4.78, 5) is 0. The highest BCUT2D eigenvalue weighted by Gasteiger charge is 2.27. The van der Waals surface area contributed by atoms with E-state index in [1.807, 2.05) is 0 Å². The Kier molecular flexibility index (Phi) is 4.58. The lowest BCUT2D eigenvalue weighted by atomic mass is 10.2. The van der Waals surface area contributed by atoms with E-state index in [2.05, 4.69) is 5.32 Å². The van der Waals surface area contributed by atoms with Crippen molar-refractivity contribution in [2.75, 3.05) is 33.5 Å². The molecule has 0 spiro atoms. The molecule has 1 unspecified atom stereocenters. The number of hydrogen-bond donors (Lipinski definition) is 2. The maximum absolute atomic E-state index is 12.9. The third-order valence-corrected chi connectivity index (χ3v) is 1.99. The van der Waals surface area contributed by atoms with Crippen LogP contribution >= 0.6 is 0 Å². The molecular formula is C8H16FNO3. The third-order valence-electron chi connectivity index (χ3n) is 1.99. The van der Waals surface area contributed by atoms with Gasteiger partial charge in [-0.1, -0.05) is 0 Å². The van der Waals surface area contributed by atoms with Crippen LogP contribution in [0.3, 0.4) is 0 Å². The summed E-state index contributed by atoms with van der Waals surface area (Å²) in [7, 11) is 1.51. The van der Waals surface area contributed by atoms with Crippen LogP contribution in [0.15, 0.2) is 0 Å². The van der Waals surface area contributed by atoms with Gasteiger partial charge < -0.3 is 19.9 Å². The van der Waals surface area contributed by atoms with E-state index in [1.165, 1.54) is 7.11 Å². The van der Waals surface area contributed by atoms with Gasteiger partial charge in [0.25, 0.3) is 0 Å². The van der Waals surface area contributed by atoms with E-state index >= 15 is 0 Å². The lowest BCUT2D eigenvalue weighted by Crippen LogP contribution is -2.42. The van der Waals surface area contributed by atoms with E-state index in [9.17, 15) is 9.50 Å². The zero-order chi connectivity index (χ0) is 9.68. The normalized spacial score (nSPS) is 30.7. The monoisotopic (exact) mass is 193 g/mol. The van der Waals surface area contributed by atoms with Crippen LogP contribution in [0.25, 0.3) is 0 Å². The highest BCUT2D eigenvalue weighted by Crippen LogP contribution is 2.08. The Morgan fingerprint density at radius 1 is 1.69 bits per heavy atom. The zero-order valence-corrected chi connectivity index (χ0v) is 7.70. The standard InChI is InChI=1S/C8H16FNO3/c1-12-3-6(11)2-10-8-5-13-4-7(8)9/h6-8,10-11H,2-5H2,1H3/t6?,7-,8-/m1/s1. The van der Waals surface area contributed by atoms with Crippen LogP contribution in [0, 0.1) is 0 Å². The lowest BCUT2D eigenvalue weighted by molar-refractivity contribution is 0.0612. The molecule has 0 amide bonds. The van der Waals surface area contributed by atoms with Crippen molar-refractivity contribution >= 4 is 0 Å². The Morgan fingerprint density at radius 3 is 3.00 bits per heavy atom. The van der Waals surface area contributed by atoms with Crippen LogP contribution in [0.5, 0.6) is 0 Å². The molecule has 13 heavy (non-hydrogen) atoms. The second kappa shape index (κ2) is 5.49. The molecule has 0 aromatic rings. The average molecular weight is 193 g/mol. The van der Waals surface area contributed by atoms with E-state index in [0.29, 0.717) is 13.2 Å². The second-order valence-electron chi connectivity index (χ2n) is 3.18. The van der Waals surface area contributed by atoms with Crippen LogP contribution in [-0.2, 0) is 9.47 Å². The Morgan fingerprint density at radius 2 is 2.46 bits per heavy atom. The molecule has 5 heteroatoms. The number of alkyl halides is 1. The van der Waals surface area contributed by atoms with Crippen molar-refractivity contribution in [1.29, 1.82) is 0 Å². The number of aliphatic hydroxyl groups excluding tert-OH is 1. The Bertz CT molecular complexity index is 147. The molecule has 0 radical (unpaired) electrons. The van der Waals surface area contributed by atoms with Gasteiger partial charge >= 0.3 is 0 Å². The van der Waals surface area contributed by atoms with Gasteiger partial charge in [-0.2, -0.15) is 0 Å². The van der Waals surface area contributed by atoms with Crippen molar-refractivity contribution in [2.24, 2.45) is 0 Å². The molecule has 0 saturated carbocycles. The molecule has 0 aliphatic carbocycles. The molecule has 1 aliphatic rings. The van der Waals surface area contributed by atoms with Crippen molar-refractivity contribution in [3.63, 3.8) is 0 Å². The van der Waals surface area contributed by atoms with Crippen LogP contribution in [0.2, 0.25) is 0 Å². The van der Waals surface area contributed by atoms with Crippen molar-refractivity contribution in [1.82, 2.24) is 5.32 Å². The highest BCUT2D eigenvalue weighted by molar-refractivity contribution is 4.81. The Balaban J connectivity index is 2.10. The van der Waals surface area contributed by atoms with Gasteiger partial charge in [-0.3, -0.25) is 0 Å². The van der Waals surface area contributed by atoms with Gasteiger partial charge in [-0.15, -0.1) is 0 Å². The topological polar surface area (TPSA) is 50.7 Å². The number of methoxy groups -OCH3 is 1. The van der Waals surface area contributed by atoms with E-state index < -0.39 is 12.3 Å². The molecule has 78 valence electrons. The minimum absolute atomic E-state index is 0.151. The summed E-state index contributed by atoms with van der Waals surface area (Å²) in [6, 6.07) is -0.286. The molecule has 3 atom stereocenters. The van der Waals surface area contributed by atoms with Crippen molar-refractivity contribution in [3.8, 4) is 0 Å². The number of halogens is 1. The first kappa shape index (κ1) is 10.8. The largest absolute Gasteiger partial charge is 0.389 e. The first-order chi connectivity index (χ1) is 6.24. The van der Waals surface area contributed by atoms with Gasteiger partial charge in [0.2, 0.25) is 0 Å². The minimum atomic E-state index is -0.963. The summed E-state index contributed by atoms with van der Waals surface area (Å²) in [6.45, 7) is 1.12. The van der Waals surface area contributed by atoms with Crippen LogP contribution in [0.1, 0.15) is 0 Å². The summed E-state index contributed by atoms with van der Waals surface area (Å²) < 4.78 is 22.6. The molecular weight excluding hydrogens is 177 g/mol. The fourth-order valence-electron chi connectivity index (χ4n) is 1.25. The molecule has 1 saturated heterocycles. The molecule has 1 aliphatic heterocycles. The predicted molar refractivity (Wildman–Crippen MR) is 45.4 cm³/mol. The summed E-state index contributed by atoms with van der Waals surface area (Å²) in [6.07, 6.45) is -1.55. The van der Waals surface area contributed by atoms with E-state index in [-0.39, 0.29) is 19.3 Å². The van der Waals surface area contributed by atoms with Crippen LogP contribution < -0.4 is 5.32 Å². The fraction of sp³-hybridized carbons (Fsp3) is 1.00. The SMILES string of the molecule is COCC(O)CN[C@@H]1COC[C@H]1F. The van der Waals surface area contributed by atoms with Crippen molar-refractivity contribution in [3.05, 3.63) is 0 Å². The fourth-order valence-corrected chi connectivity index (χ4v) is 1.25. The predicted octanol–water partition coefficient (Wildman–Crippen LogP) is -0.680. The number of aliphatic hydroxyl groups is 1. The molecule has 0 bridgehead atoms. The van der Waals surface area contributed by atoms with Gasteiger partial charge in [0.05, 0.1) is 32.0 Å². The summed E-state index contributed by atoms with van der Waals surface area (Å²) in [5.74, 6) is 0. The smallest absolute Gasteiger partial charge is 0.141 e. The van der Waals surface area contributed by atoms with Crippen molar-refractivity contribution in [2.45, 2.75) is 18.3 Å². The molecule has 4 nitrogen and oxygen atoms in total. The first-order valence-electron chi connectivity index (χ1n) is 4.36. The molecule has 1 rings (SSSR count). The summed E-state index contributed by atoms with van der Waals surface area (Å²) >= 11 is 0. The number of nitrogens with one attached hydrogen (secondary N) is 1. The van der Waals surface area contributed by atoms with Crippen LogP contribution in [0.4, 0.5) is 4.39 Å². The average Bonchev–Trinajstić information content (AvgIpc) is 2.48. The minimum Gasteiger partial charge on any atom is -0.389 e. The maximum atomic E-state index is 12.9. The molecule has 1 heterocycles. The van der Waals surface area contributed by atoms with E-state index in [4.69, 9.17) is 9.47 Å². The highest BCUT2D eigenvalue weighted by atomic mass is 19.1. The van der Waals surface area contributed by atoms with E-state index in [1.54, 1.807) is 0 Å². The zero-order valence-electron chi connectivity index (χ0n) is 7.70. The maximum Gasteiger partial charge on any atom is 0.141 e. The molecule has 0 aromatic heterocycles. The third kappa shape index (κ3) is 3.56. The number of ether oxygens (including phenoxy) is 2. The van der Waals surface area contributed by atoms with Gasteiger partial charge in [0.15, 0.2) is 0 Å². The Hall–Kier alpha value is -0.230. The van der Waals surface area contributed by atoms with Gasteiger partial charge in [0, 0.05) is 13.7 Å². The van der Waals surface area contributed by atoms with Gasteiger partial charge in [0.1, 0.15) is 6.17 Å². The van der Waals surface area contributed by atoms with Gasteiger partial charge in [-0.05, 0) is 0 Å². The molecule has 1 fully saturated rings. The van der Waals surface area contributed by atoms with Crippen molar-refractivity contribution < 1.29 is 19.0 Å². The number of rotatable bonds is 5.